The summed E-state index contributed by atoms with van der Waals surface area (Å²) in [7, 11) is 0. The third-order valence-electron chi connectivity index (χ3n) is 10.7. The number of carbonyl (C=O) groups excluding carboxylic acids is 2. The first-order valence-corrected chi connectivity index (χ1v) is 19.2. The average molecular weight is 748 g/mol. The van der Waals surface area contributed by atoms with Crippen LogP contribution in [0.1, 0.15) is 85.6 Å². The number of para-hydroxylation sites is 2. The van der Waals surface area contributed by atoms with Crippen LogP contribution in [0.15, 0.2) is 102 Å². The number of nitrogens with one attached hydrogen (secondary N) is 3. The third kappa shape index (κ3) is 9.59. The molecule has 55 heavy (non-hydrogen) atoms. The maximum Gasteiger partial charge on any atom is 0.326 e. The van der Waals surface area contributed by atoms with E-state index >= 15 is 0 Å². The number of imidazole rings is 1. The fourth-order valence-corrected chi connectivity index (χ4v) is 7.73. The molecule has 0 aliphatic carbocycles. The van der Waals surface area contributed by atoms with E-state index in [-0.39, 0.29) is 42.9 Å². The summed E-state index contributed by atoms with van der Waals surface area (Å²) in [4.78, 5) is 41.8. The van der Waals surface area contributed by atoms with Gasteiger partial charge in [-0.25, -0.2) is 10.3 Å². The molecule has 5 aromatic rings. The highest BCUT2D eigenvalue weighted by Crippen LogP contribution is 2.39. The van der Waals surface area contributed by atoms with Crippen molar-refractivity contribution in [3.63, 3.8) is 0 Å². The van der Waals surface area contributed by atoms with Gasteiger partial charge in [-0.2, -0.15) is 0 Å². The fraction of sp³-hybridized carbons (Fsp3) is 0.372. The van der Waals surface area contributed by atoms with E-state index in [2.05, 4.69) is 33.4 Å². The third-order valence-corrected chi connectivity index (χ3v) is 10.7. The van der Waals surface area contributed by atoms with Gasteiger partial charge in [-0.1, -0.05) is 78.9 Å². The van der Waals surface area contributed by atoms with Gasteiger partial charge in [-0.3, -0.25) is 19.4 Å². The van der Waals surface area contributed by atoms with Crippen molar-refractivity contribution >= 4 is 22.8 Å². The first-order valence-electron chi connectivity index (χ1n) is 19.2. The smallest absolute Gasteiger partial charge is 0.326 e. The van der Waals surface area contributed by atoms with Crippen LogP contribution < -0.4 is 16.5 Å². The lowest BCUT2D eigenvalue weighted by molar-refractivity contribution is -0.253. The number of H-pyrrole nitrogens is 1. The molecule has 0 bridgehead atoms. The number of piperidine rings is 1. The molecule has 288 valence electrons. The number of aliphatic hydroxyl groups is 1. The Morgan fingerprint density at radius 1 is 0.800 bits per heavy atom. The molecule has 0 spiro atoms. The predicted molar refractivity (Wildman–Crippen MR) is 208 cm³/mol. The number of aromatic nitrogens is 2. The Labute approximate surface area is 320 Å². The highest BCUT2D eigenvalue weighted by atomic mass is 16.7. The normalized spacial score (nSPS) is 19.3. The highest BCUT2D eigenvalue weighted by Gasteiger charge is 2.34. The molecule has 2 aliphatic heterocycles. The van der Waals surface area contributed by atoms with Gasteiger partial charge in [0.15, 0.2) is 6.29 Å². The maximum absolute atomic E-state index is 12.9. The highest BCUT2D eigenvalue weighted by molar-refractivity contribution is 5.77. The van der Waals surface area contributed by atoms with Gasteiger partial charge in [0, 0.05) is 57.0 Å². The molecule has 3 heterocycles. The van der Waals surface area contributed by atoms with Gasteiger partial charge < -0.3 is 29.8 Å². The van der Waals surface area contributed by atoms with E-state index in [1.807, 2.05) is 83.4 Å². The van der Waals surface area contributed by atoms with Crippen LogP contribution in [0.3, 0.4) is 0 Å². The van der Waals surface area contributed by atoms with Crippen LogP contribution in [0.25, 0.3) is 22.2 Å². The molecule has 5 N–H and O–H groups in total. The number of rotatable bonds is 14. The van der Waals surface area contributed by atoms with Gasteiger partial charge >= 0.3 is 5.69 Å². The van der Waals surface area contributed by atoms with Crippen molar-refractivity contribution in [2.45, 2.75) is 82.6 Å². The number of hydroxylamine groups is 1. The Morgan fingerprint density at radius 3 is 2.27 bits per heavy atom. The predicted octanol–water partition coefficient (Wildman–Crippen LogP) is 6.05. The standard InChI is InChI=1S/C43H49N5O7/c49-28-29-12-14-32(15-13-29)39-25-36(27-47-22-20-35(21-23-47)48-38-9-2-1-8-37(38)45-43(48)52)54-42(55-39)33-18-16-31(17-19-33)34-7-5-6-30(24-34)26-44-40(50)10-3-4-11-41(51)46-53/h1-2,5-9,12-19,24,35-36,39,42,49,53H,3-4,10-11,20-23,25-28H2,(H,44,50)(H,45,52)(H,46,51). The van der Waals surface area contributed by atoms with Gasteiger partial charge in [-0.05, 0) is 71.7 Å². The summed E-state index contributed by atoms with van der Waals surface area (Å²) >= 11 is 0. The fourth-order valence-electron chi connectivity index (χ4n) is 7.73. The largest absolute Gasteiger partial charge is 0.392 e. The molecule has 3 atom stereocenters. The number of carbonyl (C=O) groups is 2. The topological polar surface area (TPSA) is 158 Å². The number of amides is 2. The number of benzene rings is 4. The molecule has 2 saturated heterocycles. The Balaban J connectivity index is 0.992. The summed E-state index contributed by atoms with van der Waals surface area (Å²) in [5, 5.41) is 21.2. The van der Waals surface area contributed by atoms with Crippen molar-refractivity contribution in [2.24, 2.45) is 0 Å². The molecule has 1 aromatic heterocycles. The van der Waals surface area contributed by atoms with E-state index in [9.17, 15) is 19.5 Å². The van der Waals surface area contributed by atoms with Gasteiger partial charge in [0.05, 0.1) is 29.8 Å². The first kappa shape index (κ1) is 38.2. The average Bonchev–Trinajstić information content (AvgIpc) is 3.57. The summed E-state index contributed by atoms with van der Waals surface area (Å²) in [5.41, 5.74) is 9.22. The summed E-state index contributed by atoms with van der Waals surface area (Å²) < 4.78 is 15.2. The van der Waals surface area contributed by atoms with Crippen LogP contribution in [0, 0.1) is 0 Å². The van der Waals surface area contributed by atoms with Crippen LogP contribution in [-0.2, 0) is 32.2 Å². The van der Waals surface area contributed by atoms with Crippen LogP contribution in [-0.4, -0.2) is 62.3 Å². The molecular weight excluding hydrogens is 699 g/mol. The number of unbranched alkanes of at least 4 members (excludes halogenated alkanes) is 1. The number of aromatic amines is 1. The van der Waals surface area contributed by atoms with Gasteiger partial charge in [0.1, 0.15) is 0 Å². The lowest BCUT2D eigenvalue weighted by atomic mass is 9.98. The van der Waals surface area contributed by atoms with Crippen LogP contribution >= 0.6 is 0 Å². The van der Waals surface area contributed by atoms with E-state index in [4.69, 9.17) is 14.7 Å². The SMILES string of the molecule is O=C(CCCCC(=O)NCc1cccc(-c2ccc(C3OC(CN4CCC(n5c(=O)[nH]c6ccccc65)CC4)CC(c4ccc(CO)cc4)O3)cc2)c1)NO. The van der Waals surface area contributed by atoms with Crippen molar-refractivity contribution in [1.29, 1.82) is 0 Å². The maximum atomic E-state index is 12.9. The van der Waals surface area contributed by atoms with E-state index in [1.165, 1.54) is 0 Å². The van der Waals surface area contributed by atoms with E-state index in [0.717, 1.165) is 76.9 Å². The van der Waals surface area contributed by atoms with E-state index in [0.29, 0.717) is 32.2 Å². The zero-order valence-electron chi connectivity index (χ0n) is 30.9. The van der Waals surface area contributed by atoms with E-state index in [1.54, 1.807) is 5.48 Å². The summed E-state index contributed by atoms with van der Waals surface area (Å²) in [6, 6.07) is 32.2. The molecule has 2 aliphatic rings. The zero-order valence-corrected chi connectivity index (χ0v) is 30.9. The molecule has 0 saturated carbocycles. The Bertz CT molecular complexity index is 2100. The molecule has 7 rings (SSSR count). The van der Waals surface area contributed by atoms with Gasteiger partial charge in [-0.15, -0.1) is 0 Å². The van der Waals surface area contributed by atoms with Crippen molar-refractivity contribution in [1.82, 2.24) is 25.2 Å². The minimum Gasteiger partial charge on any atom is -0.392 e. The Hall–Kier alpha value is -5.11. The molecule has 4 aromatic carbocycles. The molecule has 2 amide bonds. The second kappa shape index (κ2) is 18.0. The molecule has 12 nitrogen and oxygen atoms in total. The summed E-state index contributed by atoms with van der Waals surface area (Å²) in [6.07, 6.45) is 3.19. The van der Waals surface area contributed by atoms with Crippen molar-refractivity contribution < 1.29 is 29.4 Å². The van der Waals surface area contributed by atoms with Crippen LogP contribution in [0.2, 0.25) is 0 Å². The minimum atomic E-state index is -0.572. The number of ether oxygens (including phenoxy) is 2. The molecule has 0 radical (unpaired) electrons. The van der Waals surface area contributed by atoms with Crippen LogP contribution in [0.5, 0.6) is 0 Å². The number of fused-ring (bicyclic) bond motifs is 1. The molecular formula is C43H49N5O7. The Morgan fingerprint density at radius 2 is 1.53 bits per heavy atom. The number of nitrogens with zero attached hydrogens (tertiary/aromatic N) is 2. The minimum absolute atomic E-state index is 0.0142. The quantitative estimate of drug-likeness (QED) is 0.0522. The number of likely N-dealkylation sites (tertiary alicyclic amines) is 1. The Kier molecular flexibility index (Phi) is 12.5. The zero-order chi connectivity index (χ0) is 38.1. The lowest BCUT2D eigenvalue weighted by Crippen LogP contribution is -2.43. The molecule has 2 fully saturated rings. The van der Waals surface area contributed by atoms with E-state index < -0.39 is 12.2 Å². The van der Waals surface area contributed by atoms with Crippen molar-refractivity contribution in [3.8, 4) is 11.1 Å². The number of aliphatic hydroxyl groups excluding tert-OH is 1. The summed E-state index contributed by atoms with van der Waals surface area (Å²) in [5.74, 6) is -0.535. The van der Waals surface area contributed by atoms with Gasteiger partial charge in [0.2, 0.25) is 11.8 Å². The first-order chi connectivity index (χ1) is 26.9. The molecule has 12 heteroatoms. The molecule has 3 unspecified atom stereocenters. The van der Waals surface area contributed by atoms with Crippen molar-refractivity contribution in [3.05, 3.63) is 130 Å². The van der Waals surface area contributed by atoms with Gasteiger partial charge in [0.25, 0.3) is 0 Å². The summed E-state index contributed by atoms with van der Waals surface area (Å²) in [6.45, 7) is 2.86. The van der Waals surface area contributed by atoms with Crippen LogP contribution in [0.4, 0.5) is 0 Å². The monoisotopic (exact) mass is 747 g/mol. The second-order valence-corrected chi connectivity index (χ2v) is 14.5. The van der Waals surface area contributed by atoms with Crippen molar-refractivity contribution in [2.75, 3.05) is 19.6 Å². The number of hydrogen-bond donors (Lipinski definition) is 5. The lowest BCUT2D eigenvalue weighted by Gasteiger charge is -2.40. The number of hydrogen-bond acceptors (Lipinski definition) is 8. The second-order valence-electron chi connectivity index (χ2n) is 14.5.